The lowest BCUT2D eigenvalue weighted by Crippen LogP contribution is -2.03. The molecule has 1 atom stereocenters. The second kappa shape index (κ2) is 5.57. The van der Waals surface area contributed by atoms with Crippen molar-refractivity contribution in [1.82, 2.24) is 0 Å². The molecular weight excluding hydrogens is 276 g/mol. The Labute approximate surface area is 107 Å². The normalized spacial score (nSPS) is 12.6. The van der Waals surface area contributed by atoms with Gasteiger partial charge in [-0.05, 0) is 6.07 Å². The first-order valence-corrected chi connectivity index (χ1v) is 5.53. The van der Waals surface area contributed by atoms with Crippen molar-refractivity contribution in [2.75, 3.05) is 7.11 Å². The SMILES string of the molecule is COc1ccc([N+](=O)[O-])cc1C(Cl)C(Cl)Cl. The number of nitro benzene ring substituents is 1. The summed E-state index contributed by atoms with van der Waals surface area (Å²) in [6.45, 7) is 0. The Morgan fingerprint density at radius 3 is 2.44 bits per heavy atom. The number of nitro groups is 1. The molecule has 0 saturated heterocycles. The Morgan fingerprint density at radius 1 is 1.38 bits per heavy atom. The van der Waals surface area contributed by atoms with Crippen LogP contribution in [0.25, 0.3) is 0 Å². The van der Waals surface area contributed by atoms with Gasteiger partial charge in [-0.1, -0.05) is 0 Å². The highest BCUT2D eigenvalue weighted by Crippen LogP contribution is 2.37. The van der Waals surface area contributed by atoms with E-state index >= 15 is 0 Å². The second-order valence-corrected chi connectivity index (χ2v) is 4.55. The number of nitrogens with zero attached hydrogens (tertiary/aromatic N) is 1. The van der Waals surface area contributed by atoms with Crippen LogP contribution in [-0.2, 0) is 0 Å². The molecule has 0 aromatic heterocycles. The number of benzene rings is 1. The van der Waals surface area contributed by atoms with Gasteiger partial charge in [0.15, 0.2) is 0 Å². The maximum absolute atomic E-state index is 10.6. The minimum absolute atomic E-state index is 0.0876. The summed E-state index contributed by atoms with van der Waals surface area (Å²) in [7, 11) is 1.44. The Bertz CT molecular complexity index is 398. The highest BCUT2D eigenvalue weighted by atomic mass is 35.5. The van der Waals surface area contributed by atoms with Crippen molar-refractivity contribution in [3.05, 3.63) is 33.9 Å². The Balaban J connectivity index is 3.21. The summed E-state index contributed by atoms with van der Waals surface area (Å²) in [6.07, 6.45) is 0. The van der Waals surface area contributed by atoms with Gasteiger partial charge >= 0.3 is 0 Å². The van der Waals surface area contributed by atoms with Crippen molar-refractivity contribution in [2.45, 2.75) is 10.2 Å². The van der Waals surface area contributed by atoms with E-state index in [-0.39, 0.29) is 5.69 Å². The first-order valence-electron chi connectivity index (χ1n) is 4.22. The molecule has 0 radical (unpaired) electrons. The standard InChI is InChI=1S/C9H8Cl3NO3/c1-16-7-3-2-5(13(14)15)4-6(7)8(10)9(11)12/h2-4,8-9H,1H3. The maximum Gasteiger partial charge on any atom is 0.270 e. The number of ether oxygens (including phenoxy) is 1. The van der Waals surface area contributed by atoms with Gasteiger partial charge < -0.3 is 4.74 Å². The molecule has 0 fully saturated rings. The van der Waals surface area contributed by atoms with Crippen molar-refractivity contribution in [3.63, 3.8) is 0 Å². The van der Waals surface area contributed by atoms with Crippen LogP contribution in [0.2, 0.25) is 0 Å². The molecule has 0 N–H and O–H groups in total. The van der Waals surface area contributed by atoms with Crippen LogP contribution in [0.3, 0.4) is 0 Å². The number of alkyl halides is 3. The number of non-ortho nitro benzene ring substituents is 1. The van der Waals surface area contributed by atoms with Gasteiger partial charge in [-0.3, -0.25) is 10.1 Å². The van der Waals surface area contributed by atoms with E-state index in [0.717, 1.165) is 0 Å². The van der Waals surface area contributed by atoms with Crippen LogP contribution < -0.4 is 4.74 Å². The predicted molar refractivity (Wildman–Crippen MR) is 63.7 cm³/mol. The lowest BCUT2D eigenvalue weighted by Gasteiger charge is -2.14. The summed E-state index contributed by atoms with van der Waals surface area (Å²) in [5.41, 5.74) is 0.309. The number of methoxy groups -OCH3 is 1. The summed E-state index contributed by atoms with van der Waals surface area (Å²) >= 11 is 17.2. The van der Waals surface area contributed by atoms with Gasteiger partial charge in [-0.2, -0.15) is 0 Å². The summed E-state index contributed by atoms with van der Waals surface area (Å²) in [5, 5.41) is 9.84. The van der Waals surface area contributed by atoms with Crippen molar-refractivity contribution in [2.24, 2.45) is 0 Å². The van der Waals surface area contributed by atoms with Gasteiger partial charge in [-0.15, -0.1) is 34.8 Å². The van der Waals surface area contributed by atoms with Crippen LogP contribution >= 0.6 is 34.8 Å². The molecule has 0 aliphatic rings. The molecule has 0 heterocycles. The summed E-state index contributed by atoms with van der Waals surface area (Å²) in [5.74, 6) is 0.414. The molecule has 0 amide bonds. The van der Waals surface area contributed by atoms with Gasteiger partial charge in [0.2, 0.25) is 0 Å². The monoisotopic (exact) mass is 283 g/mol. The molecule has 88 valence electrons. The summed E-state index contributed by atoms with van der Waals surface area (Å²) in [6, 6.07) is 4.08. The van der Waals surface area contributed by atoms with E-state index in [4.69, 9.17) is 39.5 Å². The first kappa shape index (κ1) is 13.4. The lowest BCUT2D eigenvalue weighted by atomic mass is 10.1. The van der Waals surface area contributed by atoms with Crippen LogP contribution in [-0.4, -0.2) is 16.9 Å². The Kier molecular flexibility index (Phi) is 4.65. The Hall–Kier alpha value is -0.710. The molecule has 0 saturated carbocycles. The lowest BCUT2D eigenvalue weighted by molar-refractivity contribution is -0.384. The molecule has 0 bridgehead atoms. The van der Waals surface area contributed by atoms with E-state index in [2.05, 4.69) is 0 Å². The zero-order chi connectivity index (χ0) is 12.3. The number of hydrogen-bond acceptors (Lipinski definition) is 3. The van der Waals surface area contributed by atoms with E-state index < -0.39 is 15.1 Å². The average Bonchev–Trinajstić information content (AvgIpc) is 2.26. The number of rotatable bonds is 4. The van der Waals surface area contributed by atoms with Crippen molar-refractivity contribution in [1.29, 1.82) is 0 Å². The summed E-state index contributed by atoms with van der Waals surface area (Å²) in [4.78, 5) is 9.20. The van der Waals surface area contributed by atoms with Crippen LogP contribution in [0.1, 0.15) is 10.9 Å². The minimum atomic E-state index is -0.877. The number of halogens is 3. The van der Waals surface area contributed by atoms with Gasteiger partial charge in [0.05, 0.1) is 17.4 Å². The molecule has 0 aliphatic heterocycles. The fourth-order valence-electron chi connectivity index (χ4n) is 1.19. The second-order valence-electron chi connectivity index (χ2n) is 2.92. The third-order valence-electron chi connectivity index (χ3n) is 1.94. The zero-order valence-corrected chi connectivity index (χ0v) is 10.5. The smallest absolute Gasteiger partial charge is 0.270 e. The van der Waals surface area contributed by atoms with Crippen molar-refractivity contribution in [3.8, 4) is 5.75 Å². The quantitative estimate of drug-likeness (QED) is 0.481. The van der Waals surface area contributed by atoms with Gasteiger partial charge in [-0.25, -0.2) is 0 Å². The van der Waals surface area contributed by atoms with E-state index in [0.29, 0.717) is 11.3 Å². The molecule has 1 unspecified atom stereocenters. The van der Waals surface area contributed by atoms with E-state index in [1.54, 1.807) is 0 Å². The summed E-state index contributed by atoms with van der Waals surface area (Å²) < 4.78 is 5.03. The largest absolute Gasteiger partial charge is 0.496 e. The van der Waals surface area contributed by atoms with Crippen molar-refractivity contribution < 1.29 is 9.66 Å². The van der Waals surface area contributed by atoms with Gasteiger partial charge in [0.25, 0.3) is 5.69 Å². The fourth-order valence-corrected chi connectivity index (χ4v) is 1.63. The van der Waals surface area contributed by atoms with Crippen LogP contribution in [0.4, 0.5) is 5.69 Å². The molecule has 16 heavy (non-hydrogen) atoms. The highest BCUT2D eigenvalue weighted by molar-refractivity contribution is 6.48. The molecule has 1 rings (SSSR count). The maximum atomic E-state index is 10.6. The Morgan fingerprint density at radius 2 is 2.00 bits per heavy atom. The first-order chi connectivity index (χ1) is 7.47. The van der Waals surface area contributed by atoms with Crippen LogP contribution in [0, 0.1) is 10.1 Å². The highest BCUT2D eigenvalue weighted by Gasteiger charge is 2.22. The molecule has 1 aromatic carbocycles. The molecule has 4 nitrogen and oxygen atoms in total. The zero-order valence-electron chi connectivity index (χ0n) is 8.19. The number of hydrogen-bond donors (Lipinski definition) is 0. The van der Waals surface area contributed by atoms with Crippen molar-refractivity contribution >= 4 is 40.5 Å². The van der Waals surface area contributed by atoms with E-state index in [1.807, 2.05) is 0 Å². The topological polar surface area (TPSA) is 52.4 Å². The average molecular weight is 285 g/mol. The molecule has 7 heteroatoms. The minimum Gasteiger partial charge on any atom is -0.496 e. The van der Waals surface area contributed by atoms with E-state index in [9.17, 15) is 10.1 Å². The predicted octanol–water partition coefficient (Wildman–Crippen LogP) is 3.69. The molecule has 0 aliphatic carbocycles. The van der Waals surface area contributed by atoms with Gasteiger partial charge in [0, 0.05) is 17.7 Å². The van der Waals surface area contributed by atoms with Crippen LogP contribution in [0.5, 0.6) is 5.75 Å². The fraction of sp³-hybridized carbons (Fsp3) is 0.333. The molecule has 1 aromatic rings. The van der Waals surface area contributed by atoms with Gasteiger partial charge in [0.1, 0.15) is 10.6 Å². The molecular formula is C9H8Cl3NO3. The van der Waals surface area contributed by atoms with E-state index in [1.165, 1.54) is 25.3 Å². The molecule has 0 spiro atoms. The third-order valence-corrected chi connectivity index (χ3v) is 3.19. The third kappa shape index (κ3) is 2.90. The van der Waals surface area contributed by atoms with Crippen LogP contribution in [0.15, 0.2) is 18.2 Å².